The summed E-state index contributed by atoms with van der Waals surface area (Å²) >= 11 is 0. The van der Waals surface area contributed by atoms with E-state index >= 15 is 0 Å². The minimum absolute atomic E-state index is 0.0294. The summed E-state index contributed by atoms with van der Waals surface area (Å²) in [5.74, 6) is 0.0253. The molecular weight excluding hydrogens is 486 g/mol. The molecule has 1 atom stereocenters. The molecule has 4 rings (SSSR count). The van der Waals surface area contributed by atoms with Crippen LogP contribution in [-0.4, -0.2) is 64.9 Å². The van der Waals surface area contributed by atoms with Crippen LogP contribution < -0.4 is 10.5 Å². The smallest absolute Gasteiger partial charge is 0.407 e. The summed E-state index contributed by atoms with van der Waals surface area (Å²) in [7, 11) is 0. The molecule has 1 heterocycles. The number of esters is 1. The predicted octanol–water partition coefficient (Wildman–Crippen LogP) is 3.61. The molecule has 0 saturated carbocycles. The van der Waals surface area contributed by atoms with Crippen LogP contribution in [0.3, 0.4) is 0 Å². The Bertz CT molecular complexity index is 1190. The van der Waals surface area contributed by atoms with Gasteiger partial charge in [-0.25, -0.2) is 9.59 Å². The number of likely N-dealkylation sites (tertiary alicyclic amines) is 1. The maximum Gasteiger partial charge on any atom is 0.407 e. The second-order valence-corrected chi connectivity index (χ2v) is 9.00. The third-order valence-corrected chi connectivity index (χ3v) is 6.33. The number of nitrogens with zero attached hydrogens (tertiary/aromatic N) is 2. The maximum absolute atomic E-state index is 12.7. The van der Waals surface area contributed by atoms with Crippen molar-refractivity contribution in [2.45, 2.75) is 31.1 Å². The minimum Gasteiger partial charge on any atom is -0.490 e. The van der Waals surface area contributed by atoms with E-state index < -0.39 is 24.3 Å². The molecule has 198 valence electrons. The highest BCUT2D eigenvalue weighted by atomic mass is 16.6. The molecule has 9 nitrogen and oxygen atoms in total. The lowest BCUT2D eigenvalue weighted by Crippen LogP contribution is -2.39. The van der Waals surface area contributed by atoms with Gasteiger partial charge in [0.1, 0.15) is 18.2 Å². The van der Waals surface area contributed by atoms with Crippen LogP contribution in [0.2, 0.25) is 0 Å². The SMILES string of the molecule is NC(=NC1CCN(C(=O)O)CC1)c1ccc(OCC(O)C(=O)OC(c2ccccc2)c2ccccc2)cc1. The van der Waals surface area contributed by atoms with E-state index in [-0.39, 0.29) is 12.6 Å². The van der Waals surface area contributed by atoms with Gasteiger partial charge in [0.15, 0.2) is 12.2 Å². The molecule has 3 aromatic rings. The van der Waals surface area contributed by atoms with E-state index in [0.29, 0.717) is 43.1 Å². The van der Waals surface area contributed by atoms with E-state index in [9.17, 15) is 14.7 Å². The van der Waals surface area contributed by atoms with Gasteiger partial charge in [0.05, 0.1) is 6.04 Å². The normalized spacial score (nSPS) is 15.2. The van der Waals surface area contributed by atoms with Gasteiger partial charge in [-0.2, -0.15) is 0 Å². The topological polar surface area (TPSA) is 135 Å². The fourth-order valence-electron chi connectivity index (χ4n) is 4.20. The summed E-state index contributed by atoms with van der Waals surface area (Å²) in [5, 5.41) is 19.5. The largest absolute Gasteiger partial charge is 0.490 e. The Morgan fingerprint density at radius 3 is 2.00 bits per heavy atom. The quantitative estimate of drug-likeness (QED) is 0.224. The number of carbonyl (C=O) groups is 2. The van der Waals surface area contributed by atoms with E-state index in [1.54, 1.807) is 24.3 Å². The first-order valence-corrected chi connectivity index (χ1v) is 12.4. The third kappa shape index (κ3) is 7.10. The van der Waals surface area contributed by atoms with Crippen LogP contribution in [0.1, 0.15) is 35.6 Å². The Balaban J connectivity index is 1.31. The van der Waals surface area contributed by atoms with Gasteiger partial charge in [0.25, 0.3) is 0 Å². The van der Waals surface area contributed by atoms with Gasteiger partial charge in [0, 0.05) is 18.7 Å². The standard InChI is InChI=1S/C29H31N3O6/c30-27(31-23-15-17-32(18-16-23)29(35)36)22-11-13-24(14-12-22)37-19-25(33)28(34)38-26(20-7-3-1-4-8-20)21-9-5-2-6-10-21/h1-14,23,25-26,33H,15-19H2,(H2,30,31)(H,35,36). The van der Waals surface area contributed by atoms with Crippen molar-refractivity contribution in [3.05, 3.63) is 102 Å². The van der Waals surface area contributed by atoms with Crippen LogP contribution in [-0.2, 0) is 9.53 Å². The first-order valence-electron chi connectivity index (χ1n) is 12.4. The lowest BCUT2D eigenvalue weighted by molar-refractivity contribution is -0.159. The number of aliphatic hydroxyl groups is 1. The Morgan fingerprint density at radius 1 is 0.921 bits per heavy atom. The Hall–Kier alpha value is -4.37. The Kier molecular flexibility index (Phi) is 8.94. The molecule has 0 aromatic heterocycles. The molecule has 1 unspecified atom stereocenters. The molecule has 1 amide bonds. The van der Waals surface area contributed by atoms with Crippen LogP contribution in [0.15, 0.2) is 89.9 Å². The molecule has 1 aliphatic heterocycles. The van der Waals surface area contributed by atoms with Crippen LogP contribution in [0.25, 0.3) is 0 Å². The molecule has 0 radical (unpaired) electrons. The zero-order valence-corrected chi connectivity index (χ0v) is 20.8. The van der Waals surface area contributed by atoms with Crippen molar-refractivity contribution in [1.82, 2.24) is 4.90 Å². The number of aliphatic hydroxyl groups excluding tert-OH is 1. The van der Waals surface area contributed by atoms with Crippen LogP contribution in [0, 0.1) is 0 Å². The summed E-state index contributed by atoms with van der Waals surface area (Å²) < 4.78 is 11.3. The molecule has 0 bridgehead atoms. The van der Waals surface area contributed by atoms with Crippen molar-refractivity contribution in [2.75, 3.05) is 19.7 Å². The van der Waals surface area contributed by atoms with Crippen molar-refractivity contribution in [2.24, 2.45) is 10.7 Å². The molecule has 0 aliphatic carbocycles. The second kappa shape index (κ2) is 12.7. The molecule has 38 heavy (non-hydrogen) atoms. The van der Waals surface area contributed by atoms with E-state index in [1.165, 1.54) is 4.90 Å². The summed E-state index contributed by atoms with van der Waals surface area (Å²) in [4.78, 5) is 29.7. The number of amides is 1. The van der Waals surface area contributed by atoms with Gasteiger partial charge in [-0.1, -0.05) is 60.7 Å². The number of hydrogen-bond donors (Lipinski definition) is 3. The Labute approximate surface area is 221 Å². The highest BCUT2D eigenvalue weighted by molar-refractivity contribution is 5.97. The number of carbonyl (C=O) groups excluding carboxylic acids is 1. The van der Waals surface area contributed by atoms with E-state index in [4.69, 9.17) is 20.3 Å². The molecule has 0 spiro atoms. The van der Waals surface area contributed by atoms with Gasteiger partial charge in [0.2, 0.25) is 0 Å². The van der Waals surface area contributed by atoms with Crippen molar-refractivity contribution < 1.29 is 29.3 Å². The number of carboxylic acid groups (broad SMARTS) is 1. The van der Waals surface area contributed by atoms with Gasteiger partial charge in [-0.3, -0.25) is 4.99 Å². The molecular formula is C29H31N3O6. The number of piperidine rings is 1. The number of ether oxygens (including phenoxy) is 2. The van der Waals surface area contributed by atoms with E-state index in [1.807, 2.05) is 60.7 Å². The highest BCUT2D eigenvalue weighted by Gasteiger charge is 2.25. The highest BCUT2D eigenvalue weighted by Crippen LogP contribution is 2.26. The zero-order chi connectivity index (χ0) is 26.9. The first-order chi connectivity index (χ1) is 18.4. The number of hydrogen-bond acceptors (Lipinski definition) is 6. The van der Waals surface area contributed by atoms with Crippen molar-refractivity contribution in [3.63, 3.8) is 0 Å². The van der Waals surface area contributed by atoms with Crippen molar-refractivity contribution in [3.8, 4) is 5.75 Å². The van der Waals surface area contributed by atoms with Gasteiger partial charge in [-0.15, -0.1) is 0 Å². The summed E-state index contributed by atoms with van der Waals surface area (Å²) in [6, 6.07) is 25.5. The first kappa shape index (κ1) is 26.7. The second-order valence-electron chi connectivity index (χ2n) is 9.00. The average Bonchev–Trinajstić information content (AvgIpc) is 2.96. The van der Waals surface area contributed by atoms with E-state index in [2.05, 4.69) is 4.99 Å². The monoisotopic (exact) mass is 517 g/mol. The van der Waals surface area contributed by atoms with Gasteiger partial charge >= 0.3 is 12.1 Å². The number of benzene rings is 3. The molecule has 1 saturated heterocycles. The molecule has 1 fully saturated rings. The summed E-state index contributed by atoms with van der Waals surface area (Å²) in [6.45, 7) is 0.595. The van der Waals surface area contributed by atoms with E-state index in [0.717, 1.165) is 11.1 Å². The average molecular weight is 518 g/mol. The van der Waals surface area contributed by atoms with Gasteiger partial charge in [-0.05, 0) is 48.2 Å². The molecule has 3 aromatic carbocycles. The van der Waals surface area contributed by atoms with Crippen LogP contribution in [0.5, 0.6) is 5.75 Å². The minimum atomic E-state index is -1.48. The summed E-state index contributed by atoms with van der Waals surface area (Å²) in [6.07, 6.45) is -1.80. The fraction of sp³-hybridized carbons (Fsp3) is 0.276. The van der Waals surface area contributed by atoms with Gasteiger partial charge < -0.3 is 30.3 Å². The summed E-state index contributed by atoms with van der Waals surface area (Å²) in [5.41, 5.74) is 8.44. The molecule has 4 N–H and O–H groups in total. The number of aliphatic imine (C=N–C) groups is 1. The van der Waals surface area contributed by atoms with Crippen LogP contribution >= 0.6 is 0 Å². The maximum atomic E-state index is 12.7. The van der Waals surface area contributed by atoms with Crippen molar-refractivity contribution in [1.29, 1.82) is 0 Å². The lowest BCUT2D eigenvalue weighted by Gasteiger charge is -2.28. The third-order valence-electron chi connectivity index (χ3n) is 6.33. The number of nitrogens with two attached hydrogens (primary N) is 1. The van der Waals surface area contributed by atoms with Crippen molar-refractivity contribution >= 4 is 17.9 Å². The Morgan fingerprint density at radius 2 is 1.47 bits per heavy atom. The molecule has 1 aliphatic rings. The lowest BCUT2D eigenvalue weighted by atomic mass is 10.0. The zero-order valence-electron chi connectivity index (χ0n) is 20.8. The number of rotatable bonds is 9. The molecule has 9 heteroatoms. The predicted molar refractivity (Wildman–Crippen MR) is 142 cm³/mol. The number of amidine groups is 1. The fourth-order valence-corrected chi connectivity index (χ4v) is 4.20. The van der Waals surface area contributed by atoms with Crippen LogP contribution in [0.4, 0.5) is 4.79 Å².